The van der Waals surface area contributed by atoms with Crippen LogP contribution in [-0.2, 0) is 20.8 Å². The summed E-state index contributed by atoms with van der Waals surface area (Å²) in [6.07, 6.45) is 5.25. The molecule has 1 heterocycles. The van der Waals surface area contributed by atoms with Gasteiger partial charge in [-0.3, -0.25) is 9.59 Å². The Bertz CT molecular complexity index is 620. The lowest BCUT2D eigenvalue weighted by atomic mass is 10.0. The van der Waals surface area contributed by atoms with Gasteiger partial charge in [-0.1, -0.05) is 13.8 Å². The largest absolute Gasteiger partial charge is 0.480 e. The second kappa shape index (κ2) is 12.1. The van der Waals surface area contributed by atoms with Gasteiger partial charge in [-0.25, -0.2) is 9.78 Å². The number of unbranched alkanes of at least 4 members (excludes halogenated alkanes) is 1. The molecule has 0 aromatic carbocycles. The number of hydrogen-bond donors (Lipinski definition) is 6. The number of aromatic nitrogens is 2. The zero-order chi connectivity index (χ0) is 21.1. The van der Waals surface area contributed by atoms with Crippen LogP contribution in [0.3, 0.4) is 0 Å². The summed E-state index contributed by atoms with van der Waals surface area (Å²) >= 11 is 0. The van der Waals surface area contributed by atoms with Gasteiger partial charge in [0.25, 0.3) is 0 Å². The number of nitrogens with two attached hydrogens (primary N) is 2. The predicted molar refractivity (Wildman–Crippen MR) is 104 cm³/mol. The van der Waals surface area contributed by atoms with Gasteiger partial charge < -0.3 is 32.2 Å². The second-order valence-electron chi connectivity index (χ2n) is 7.26. The number of nitrogens with one attached hydrogen (secondary N) is 3. The van der Waals surface area contributed by atoms with E-state index in [1.807, 2.05) is 13.8 Å². The fourth-order valence-corrected chi connectivity index (χ4v) is 2.73. The van der Waals surface area contributed by atoms with Gasteiger partial charge in [-0.15, -0.1) is 0 Å². The van der Waals surface area contributed by atoms with Crippen molar-refractivity contribution in [1.29, 1.82) is 0 Å². The molecular formula is C18H32N6O4. The Hall–Kier alpha value is -2.46. The number of nitrogens with zero attached hydrogens (tertiary/aromatic N) is 1. The van der Waals surface area contributed by atoms with E-state index in [9.17, 15) is 19.5 Å². The van der Waals surface area contributed by atoms with Gasteiger partial charge >= 0.3 is 5.97 Å². The number of H-pyrrole nitrogens is 1. The van der Waals surface area contributed by atoms with Crippen molar-refractivity contribution in [2.24, 2.45) is 17.4 Å². The van der Waals surface area contributed by atoms with Crippen LogP contribution in [0.4, 0.5) is 0 Å². The zero-order valence-electron chi connectivity index (χ0n) is 16.5. The number of carboxylic acids is 1. The fourth-order valence-electron chi connectivity index (χ4n) is 2.73. The number of aromatic amines is 1. The molecule has 0 aliphatic heterocycles. The third-order valence-electron chi connectivity index (χ3n) is 4.23. The first-order chi connectivity index (χ1) is 13.2. The van der Waals surface area contributed by atoms with Crippen molar-refractivity contribution in [3.05, 3.63) is 18.2 Å². The summed E-state index contributed by atoms with van der Waals surface area (Å²) in [5.74, 6) is -2.04. The molecule has 28 heavy (non-hydrogen) atoms. The molecule has 0 aliphatic carbocycles. The molecule has 158 valence electrons. The molecule has 0 spiro atoms. The van der Waals surface area contributed by atoms with Crippen LogP contribution in [0.2, 0.25) is 0 Å². The van der Waals surface area contributed by atoms with Crippen LogP contribution in [0.25, 0.3) is 0 Å². The summed E-state index contributed by atoms with van der Waals surface area (Å²) < 4.78 is 0. The number of carbonyl (C=O) groups excluding carboxylic acids is 2. The standard InChI is InChI=1S/C18H32N6O4/c1-11(2)7-15(18(27)28)24-17(26)14(5-3-4-6-19)23-16(25)13(20)8-12-9-21-10-22-12/h9-11,13-15H,3-8,19-20H2,1-2H3,(H,21,22)(H,23,25)(H,24,26)(H,27,28). The highest BCUT2D eigenvalue weighted by atomic mass is 16.4. The summed E-state index contributed by atoms with van der Waals surface area (Å²) in [4.78, 5) is 43.2. The summed E-state index contributed by atoms with van der Waals surface area (Å²) in [5, 5.41) is 14.5. The van der Waals surface area contributed by atoms with Crippen LogP contribution in [-0.4, -0.2) is 57.5 Å². The van der Waals surface area contributed by atoms with E-state index < -0.39 is 35.9 Å². The van der Waals surface area contributed by atoms with Gasteiger partial charge in [0.15, 0.2) is 0 Å². The number of hydrogen-bond acceptors (Lipinski definition) is 6. The van der Waals surface area contributed by atoms with Gasteiger partial charge in [0, 0.05) is 18.3 Å². The van der Waals surface area contributed by atoms with Crippen molar-refractivity contribution >= 4 is 17.8 Å². The summed E-state index contributed by atoms with van der Waals surface area (Å²) in [7, 11) is 0. The quantitative estimate of drug-likeness (QED) is 0.244. The van der Waals surface area contributed by atoms with Crippen molar-refractivity contribution in [1.82, 2.24) is 20.6 Å². The monoisotopic (exact) mass is 396 g/mol. The lowest BCUT2D eigenvalue weighted by molar-refractivity contribution is -0.142. The van der Waals surface area contributed by atoms with Crippen LogP contribution in [0.1, 0.15) is 45.2 Å². The highest BCUT2D eigenvalue weighted by Gasteiger charge is 2.28. The molecule has 0 aliphatic rings. The molecular weight excluding hydrogens is 364 g/mol. The minimum absolute atomic E-state index is 0.0921. The first-order valence-corrected chi connectivity index (χ1v) is 9.51. The second-order valence-corrected chi connectivity index (χ2v) is 7.26. The Kier molecular flexibility index (Phi) is 10.2. The number of amides is 2. The predicted octanol–water partition coefficient (Wildman–Crippen LogP) is -0.491. The van der Waals surface area contributed by atoms with Crippen LogP contribution in [0.5, 0.6) is 0 Å². The lowest BCUT2D eigenvalue weighted by Crippen LogP contribution is -2.55. The smallest absolute Gasteiger partial charge is 0.326 e. The van der Waals surface area contributed by atoms with Crippen LogP contribution in [0, 0.1) is 5.92 Å². The third kappa shape index (κ3) is 8.49. The molecule has 3 atom stereocenters. The van der Waals surface area contributed by atoms with Crippen LogP contribution >= 0.6 is 0 Å². The van der Waals surface area contributed by atoms with E-state index in [0.29, 0.717) is 37.9 Å². The summed E-state index contributed by atoms with van der Waals surface area (Å²) in [6.45, 7) is 4.21. The summed E-state index contributed by atoms with van der Waals surface area (Å²) in [6, 6.07) is -2.75. The molecule has 3 unspecified atom stereocenters. The van der Waals surface area contributed by atoms with Gasteiger partial charge in [-0.05, 0) is 38.1 Å². The van der Waals surface area contributed by atoms with Crippen LogP contribution < -0.4 is 22.1 Å². The molecule has 1 rings (SSSR count). The Labute approximate surface area is 164 Å². The summed E-state index contributed by atoms with van der Waals surface area (Å²) in [5.41, 5.74) is 12.1. The minimum Gasteiger partial charge on any atom is -0.480 e. The molecule has 8 N–H and O–H groups in total. The maximum absolute atomic E-state index is 12.6. The highest BCUT2D eigenvalue weighted by molar-refractivity contribution is 5.91. The maximum atomic E-state index is 12.6. The molecule has 1 aromatic heterocycles. The fraction of sp³-hybridized carbons (Fsp3) is 0.667. The van der Waals surface area contributed by atoms with Crippen molar-refractivity contribution in [3.8, 4) is 0 Å². The topological polar surface area (TPSA) is 176 Å². The number of imidazole rings is 1. The number of carboxylic acid groups (broad SMARTS) is 1. The van der Waals surface area contributed by atoms with E-state index in [1.165, 1.54) is 6.33 Å². The van der Waals surface area contributed by atoms with E-state index in [2.05, 4.69) is 20.6 Å². The highest BCUT2D eigenvalue weighted by Crippen LogP contribution is 2.08. The number of rotatable bonds is 13. The first-order valence-electron chi connectivity index (χ1n) is 9.51. The van der Waals surface area contributed by atoms with Gasteiger partial charge in [0.05, 0.1) is 12.4 Å². The molecule has 0 saturated heterocycles. The van der Waals surface area contributed by atoms with E-state index in [-0.39, 0.29) is 12.3 Å². The molecule has 0 radical (unpaired) electrons. The molecule has 10 nitrogen and oxygen atoms in total. The molecule has 0 bridgehead atoms. The Morgan fingerprint density at radius 3 is 2.39 bits per heavy atom. The average molecular weight is 396 g/mol. The SMILES string of the molecule is CC(C)CC(NC(=O)C(CCCCN)NC(=O)C(N)Cc1cnc[nH]1)C(=O)O. The van der Waals surface area contributed by atoms with E-state index in [0.717, 1.165) is 0 Å². The van der Waals surface area contributed by atoms with Crippen molar-refractivity contribution in [2.45, 2.75) is 64.1 Å². The lowest BCUT2D eigenvalue weighted by Gasteiger charge is -2.23. The molecule has 1 aromatic rings. The van der Waals surface area contributed by atoms with Gasteiger partial charge in [0.2, 0.25) is 11.8 Å². The maximum Gasteiger partial charge on any atom is 0.326 e. The normalized spacial score (nSPS) is 14.3. The van der Waals surface area contributed by atoms with Crippen molar-refractivity contribution in [3.63, 3.8) is 0 Å². The minimum atomic E-state index is -1.11. The van der Waals surface area contributed by atoms with Crippen molar-refractivity contribution in [2.75, 3.05) is 6.54 Å². The van der Waals surface area contributed by atoms with E-state index >= 15 is 0 Å². The van der Waals surface area contributed by atoms with Crippen LogP contribution in [0.15, 0.2) is 12.5 Å². The Morgan fingerprint density at radius 2 is 1.86 bits per heavy atom. The molecule has 0 fully saturated rings. The molecule has 2 amide bonds. The first kappa shape index (κ1) is 23.6. The number of carbonyl (C=O) groups is 3. The van der Waals surface area contributed by atoms with E-state index in [4.69, 9.17) is 11.5 Å². The average Bonchev–Trinajstić information content (AvgIpc) is 3.12. The zero-order valence-corrected chi connectivity index (χ0v) is 16.5. The van der Waals surface area contributed by atoms with Gasteiger partial charge in [0.1, 0.15) is 12.1 Å². The molecule has 10 heteroatoms. The third-order valence-corrected chi connectivity index (χ3v) is 4.23. The number of aliphatic carboxylic acids is 1. The van der Waals surface area contributed by atoms with E-state index in [1.54, 1.807) is 6.20 Å². The Morgan fingerprint density at radius 1 is 1.18 bits per heavy atom. The Balaban J connectivity index is 2.75. The van der Waals surface area contributed by atoms with Gasteiger partial charge in [-0.2, -0.15) is 0 Å². The van der Waals surface area contributed by atoms with Crippen molar-refractivity contribution < 1.29 is 19.5 Å². The molecule has 0 saturated carbocycles.